The largest absolute Gasteiger partial charge is 0.478 e. The molecule has 0 bridgehead atoms. The number of nitrogens with zero attached hydrogens (tertiary/aromatic N) is 2. The SMILES string of the molecule is CC(Oc1ccccc1F)C(=O)NCCn1nc(-c2cccs2)ccc1=O. The van der Waals surface area contributed by atoms with Gasteiger partial charge in [-0.1, -0.05) is 18.2 Å². The lowest BCUT2D eigenvalue weighted by Crippen LogP contribution is -2.39. The highest BCUT2D eigenvalue weighted by Gasteiger charge is 2.16. The summed E-state index contributed by atoms with van der Waals surface area (Å²) < 4.78 is 20.2. The Hall–Kier alpha value is -3.00. The van der Waals surface area contributed by atoms with Crippen molar-refractivity contribution in [2.45, 2.75) is 19.6 Å². The van der Waals surface area contributed by atoms with Gasteiger partial charge in [-0.3, -0.25) is 9.59 Å². The van der Waals surface area contributed by atoms with Crippen LogP contribution in [0.15, 0.2) is 58.7 Å². The van der Waals surface area contributed by atoms with E-state index in [9.17, 15) is 14.0 Å². The van der Waals surface area contributed by atoms with Gasteiger partial charge in [-0.25, -0.2) is 9.07 Å². The van der Waals surface area contributed by atoms with E-state index in [4.69, 9.17) is 4.74 Å². The number of hydrogen-bond donors (Lipinski definition) is 1. The maximum absolute atomic E-state index is 13.6. The fourth-order valence-electron chi connectivity index (χ4n) is 2.38. The molecular formula is C19H18FN3O3S. The van der Waals surface area contributed by atoms with Crippen molar-refractivity contribution in [3.8, 4) is 16.3 Å². The molecule has 2 heterocycles. The van der Waals surface area contributed by atoms with Crippen LogP contribution in [-0.4, -0.2) is 28.3 Å². The molecule has 1 aromatic carbocycles. The molecule has 2 aromatic heterocycles. The molecule has 3 aromatic rings. The molecule has 1 amide bonds. The van der Waals surface area contributed by atoms with Gasteiger partial charge in [-0.05, 0) is 36.6 Å². The van der Waals surface area contributed by atoms with Crippen molar-refractivity contribution < 1.29 is 13.9 Å². The van der Waals surface area contributed by atoms with Gasteiger partial charge in [0.15, 0.2) is 17.7 Å². The number of rotatable bonds is 7. The van der Waals surface area contributed by atoms with Crippen LogP contribution in [0.4, 0.5) is 4.39 Å². The number of amides is 1. The molecule has 1 N–H and O–H groups in total. The summed E-state index contributed by atoms with van der Waals surface area (Å²) in [6.07, 6.45) is -0.871. The molecule has 6 nitrogen and oxygen atoms in total. The number of para-hydroxylation sites is 1. The van der Waals surface area contributed by atoms with Gasteiger partial charge >= 0.3 is 0 Å². The number of ether oxygens (including phenoxy) is 1. The Morgan fingerprint density at radius 1 is 1.26 bits per heavy atom. The summed E-state index contributed by atoms with van der Waals surface area (Å²) in [6.45, 7) is 1.95. The van der Waals surface area contributed by atoms with E-state index in [1.54, 1.807) is 18.2 Å². The van der Waals surface area contributed by atoms with E-state index in [0.29, 0.717) is 5.69 Å². The number of benzene rings is 1. The Bertz CT molecular complexity index is 972. The fourth-order valence-corrected chi connectivity index (χ4v) is 3.07. The smallest absolute Gasteiger partial charge is 0.266 e. The predicted molar refractivity (Wildman–Crippen MR) is 101 cm³/mol. The van der Waals surface area contributed by atoms with Gasteiger partial charge < -0.3 is 10.1 Å². The van der Waals surface area contributed by atoms with E-state index >= 15 is 0 Å². The number of halogens is 1. The van der Waals surface area contributed by atoms with Gasteiger partial charge in [0.2, 0.25) is 0 Å². The molecule has 0 aliphatic carbocycles. The van der Waals surface area contributed by atoms with Crippen LogP contribution in [0.25, 0.3) is 10.6 Å². The summed E-state index contributed by atoms with van der Waals surface area (Å²) in [4.78, 5) is 25.0. The quantitative estimate of drug-likeness (QED) is 0.677. The zero-order valence-electron chi connectivity index (χ0n) is 14.6. The third-order valence-corrected chi connectivity index (χ3v) is 4.67. The number of nitrogens with one attached hydrogen (secondary N) is 1. The van der Waals surface area contributed by atoms with E-state index in [-0.39, 0.29) is 24.4 Å². The van der Waals surface area contributed by atoms with E-state index in [1.807, 2.05) is 17.5 Å². The molecule has 8 heteroatoms. The predicted octanol–water partition coefficient (Wildman–Crippen LogP) is 2.69. The zero-order valence-corrected chi connectivity index (χ0v) is 15.4. The Morgan fingerprint density at radius 3 is 2.81 bits per heavy atom. The molecule has 0 radical (unpaired) electrons. The standard InChI is InChI=1S/C19H18FN3O3S/c1-13(26-16-6-3-2-5-14(16)20)19(25)21-10-11-23-18(24)9-8-15(22-23)17-7-4-12-27-17/h2-9,12-13H,10-11H2,1H3,(H,21,25). The van der Waals surface area contributed by atoms with Gasteiger partial charge in [0, 0.05) is 12.6 Å². The first-order valence-electron chi connectivity index (χ1n) is 8.35. The maximum atomic E-state index is 13.6. The van der Waals surface area contributed by atoms with E-state index in [2.05, 4.69) is 10.4 Å². The average molecular weight is 387 g/mol. The molecule has 0 aliphatic rings. The normalized spacial score (nSPS) is 11.8. The zero-order chi connectivity index (χ0) is 19.2. The molecule has 0 aliphatic heterocycles. The molecule has 27 heavy (non-hydrogen) atoms. The molecule has 1 unspecified atom stereocenters. The van der Waals surface area contributed by atoms with Crippen molar-refractivity contribution in [1.82, 2.24) is 15.1 Å². The van der Waals surface area contributed by atoms with Crippen molar-refractivity contribution >= 4 is 17.2 Å². The van der Waals surface area contributed by atoms with Crippen molar-refractivity contribution in [1.29, 1.82) is 0 Å². The molecule has 1 atom stereocenters. The summed E-state index contributed by atoms with van der Waals surface area (Å²) >= 11 is 1.53. The van der Waals surface area contributed by atoms with Gasteiger partial charge in [0.05, 0.1) is 11.4 Å². The monoisotopic (exact) mass is 387 g/mol. The lowest BCUT2D eigenvalue weighted by Gasteiger charge is -2.15. The minimum Gasteiger partial charge on any atom is -0.478 e. The third-order valence-electron chi connectivity index (χ3n) is 3.77. The number of hydrogen-bond acceptors (Lipinski definition) is 5. The second kappa shape index (κ2) is 8.59. The Kier molecular flexibility index (Phi) is 5.97. The molecule has 0 fully saturated rings. The summed E-state index contributed by atoms with van der Waals surface area (Å²) in [7, 11) is 0. The number of carbonyl (C=O) groups is 1. The first-order chi connectivity index (χ1) is 13.0. The molecule has 3 rings (SSSR count). The topological polar surface area (TPSA) is 73.2 Å². The minimum absolute atomic E-state index is 0.0154. The highest BCUT2D eigenvalue weighted by Crippen LogP contribution is 2.21. The second-order valence-electron chi connectivity index (χ2n) is 5.74. The summed E-state index contributed by atoms with van der Waals surface area (Å²) in [5.74, 6) is -0.916. The first kappa shape index (κ1) is 18.8. The number of aromatic nitrogens is 2. The first-order valence-corrected chi connectivity index (χ1v) is 9.23. The molecule has 140 valence electrons. The van der Waals surface area contributed by atoms with Crippen molar-refractivity contribution in [2.75, 3.05) is 6.54 Å². The molecule has 0 spiro atoms. The van der Waals surface area contributed by atoms with Crippen molar-refractivity contribution in [3.05, 3.63) is 70.1 Å². The van der Waals surface area contributed by atoms with Crippen LogP contribution < -0.4 is 15.6 Å². The molecular weight excluding hydrogens is 369 g/mol. The van der Waals surface area contributed by atoms with E-state index < -0.39 is 17.8 Å². The van der Waals surface area contributed by atoms with E-state index in [0.717, 1.165) is 4.88 Å². The number of thiophene rings is 1. The highest BCUT2D eigenvalue weighted by atomic mass is 32.1. The van der Waals surface area contributed by atoms with Crippen molar-refractivity contribution in [2.24, 2.45) is 0 Å². The van der Waals surface area contributed by atoms with Crippen LogP contribution in [-0.2, 0) is 11.3 Å². The minimum atomic E-state index is -0.871. The second-order valence-corrected chi connectivity index (χ2v) is 6.69. The maximum Gasteiger partial charge on any atom is 0.266 e. The van der Waals surface area contributed by atoms with Gasteiger partial charge in [0.25, 0.3) is 11.5 Å². The van der Waals surface area contributed by atoms with Gasteiger partial charge in [-0.15, -0.1) is 11.3 Å². The van der Waals surface area contributed by atoms with Crippen LogP contribution >= 0.6 is 11.3 Å². The van der Waals surface area contributed by atoms with Crippen LogP contribution in [0, 0.1) is 5.82 Å². The van der Waals surface area contributed by atoms with Crippen LogP contribution in [0.5, 0.6) is 5.75 Å². The van der Waals surface area contributed by atoms with Crippen molar-refractivity contribution in [3.63, 3.8) is 0 Å². The Morgan fingerprint density at radius 2 is 2.07 bits per heavy atom. The van der Waals surface area contributed by atoms with Crippen LogP contribution in [0.1, 0.15) is 6.92 Å². The Balaban J connectivity index is 1.56. The lowest BCUT2D eigenvalue weighted by molar-refractivity contribution is -0.127. The Labute approximate surface area is 159 Å². The molecule has 0 saturated carbocycles. The summed E-state index contributed by atoms with van der Waals surface area (Å²) in [6, 6.07) is 12.8. The average Bonchev–Trinajstić information content (AvgIpc) is 3.19. The van der Waals surface area contributed by atoms with E-state index in [1.165, 1.54) is 41.1 Å². The lowest BCUT2D eigenvalue weighted by atomic mass is 10.3. The third kappa shape index (κ3) is 4.79. The highest BCUT2D eigenvalue weighted by molar-refractivity contribution is 7.13. The fraction of sp³-hybridized carbons (Fsp3) is 0.211. The van der Waals surface area contributed by atoms with Gasteiger partial charge in [-0.2, -0.15) is 5.10 Å². The summed E-state index contributed by atoms with van der Waals surface area (Å²) in [5.41, 5.74) is 0.451. The summed E-state index contributed by atoms with van der Waals surface area (Å²) in [5, 5.41) is 8.92. The molecule has 0 saturated heterocycles. The number of carbonyl (C=O) groups excluding carboxylic acids is 1. The van der Waals surface area contributed by atoms with Crippen LogP contribution in [0.2, 0.25) is 0 Å². The van der Waals surface area contributed by atoms with Crippen LogP contribution in [0.3, 0.4) is 0 Å². The van der Waals surface area contributed by atoms with Gasteiger partial charge in [0.1, 0.15) is 5.69 Å².